The molecule has 13 nitrogen and oxygen atoms in total. The van der Waals surface area contributed by atoms with Crippen LogP contribution in [0.25, 0.3) is 0 Å². The molecule has 0 N–H and O–H groups in total. The van der Waals surface area contributed by atoms with Crippen LogP contribution in [0.15, 0.2) is 0 Å². The second-order valence-corrected chi connectivity index (χ2v) is 3.79. The summed E-state index contributed by atoms with van der Waals surface area (Å²) < 4.78 is 0. The van der Waals surface area contributed by atoms with Gasteiger partial charge in [-0.3, -0.25) is 0 Å². The Morgan fingerprint density at radius 1 is 0.900 bits per heavy atom. The lowest BCUT2D eigenvalue weighted by molar-refractivity contribution is -0.757. The first-order valence-corrected chi connectivity index (χ1v) is 5.20. The summed E-state index contributed by atoms with van der Waals surface area (Å²) >= 11 is 0. The van der Waals surface area contributed by atoms with Crippen LogP contribution in [0.3, 0.4) is 0 Å². The first-order chi connectivity index (χ1) is 9.07. The number of hydrogen-bond acceptors (Lipinski definition) is 8. The molecule has 118 valence electrons. The van der Waals surface area contributed by atoms with Crippen molar-refractivity contribution in [2.75, 3.05) is 48.0 Å². The Bertz CT molecular complexity index is 307. The Labute approximate surface area is 114 Å². The fourth-order valence-electron chi connectivity index (χ4n) is 0.697. The molecule has 0 heterocycles. The molecular formula is C7H18N6O7. The zero-order valence-corrected chi connectivity index (χ0v) is 11.7. The number of nitrogens with zero attached hydrogens (tertiary/aromatic N) is 6. The molecule has 0 aliphatic carbocycles. The molecule has 0 spiro atoms. The summed E-state index contributed by atoms with van der Waals surface area (Å²) in [6.07, 6.45) is 0. The van der Waals surface area contributed by atoms with Gasteiger partial charge in [0.15, 0.2) is 10.1 Å². The van der Waals surface area contributed by atoms with E-state index in [4.69, 9.17) is 0 Å². The molecule has 0 amide bonds. The van der Waals surface area contributed by atoms with Crippen molar-refractivity contribution < 1.29 is 20.0 Å². The van der Waals surface area contributed by atoms with E-state index < -0.39 is 15.2 Å². The second kappa shape index (κ2) is 10.5. The minimum Gasteiger partial charge on any atom is -0.313 e. The number of rotatable bonds is 8. The lowest BCUT2D eigenvalue weighted by Gasteiger charge is -2.11. The third-order valence-electron chi connectivity index (χ3n) is 1.70. The van der Waals surface area contributed by atoms with Crippen molar-refractivity contribution in [3.63, 3.8) is 0 Å². The van der Waals surface area contributed by atoms with Crippen molar-refractivity contribution in [3.8, 4) is 0 Å². The molecule has 0 rings (SSSR count). The van der Waals surface area contributed by atoms with Crippen LogP contribution in [0.2, 0.25) is 0 Å². The summed E-state index contributed by atoms with van der Waals surface area (Å²) in [5.74, 6) is 0. The fraction of sp³-hybridized carbons (Fsp3) is 1.00. The molecule has 0 aliphatic rings. The van der Waals surface area contributed by atoms with Crippen LogP contribution >= 0.6 is 0 Å². The molecule has 0 aromatic heterocycles. The van der Waals surface area contributed by atoms with Crippen molar-refractivity contribution in [2.24, 2.45) is 0 Å². The number of hydrazine groups is 2. The molecule has 13 heteroatoms. The van der Waals surface area contributed by atoms with E-state index in [1.165, 1.54) is 0 Å². The van der Waals surface area contributed by atoms with Crippen LogP contribution in [0.4, 0.5) is 0 Å². The molecule has 0 aromatic rings. The van der Waals surface area contributed by atoms with E-state index in [1.54, 1.807) is 0 Å². The van der Waals surface area contributed by atoms with E-state index in [9.17, 15) is 30.3 Å². The molecular weight excluding hydrogens is 280 g/mol. The number of likely N-dealkylation sites (N-methyl/N-ethyl adjacent to an activating group) is 1. The normalized spacial score (nSPS) is 9.25. The summed E-state index contributed by atoms with van der Waals surface area (Å²) in [7, 11) is 5.95. The molecule has 0 aromatic carbocycles. The van der Waals surface area contributed by atoms with Crippen LogP contribution in [-0.4, -0.2) is 78.1 Å². The Hall–Kier alpha value is -2.44. The summed E-state index contributed by atoms with van der Waals surface area (Å²) in [6.45, 7) is 0.362. The maximum Gasteiger partial charge on any atom is 0.294 e. The van der Waals surface area contributed by atoms with Crippen molar-refractivity contribution in [1.29, 1.82) is 0 Å². The monoisotopic (exact) mass is 298 g/mol. The minimum atomic E-state index is -0.788. The quantitative estimate of drug-likeness (QED) is 0.308. The van der Waals surface area contributed by atoms with Gasteiger partial charge in [-0.15, -0.1) is 20.1 Å². The molecule has 0 atom stereocenters. The lowest BCUT2D eigenvalue weighted by Crippen LogP contribution is -2.39. The SMILES string of the molecule is CN(C)CCO[N+](=O)[O-].CN(CN(C)[N+](=O)[O-])[N+](=O)[O-]. The van der Waals surface area contributed by atoms with Crippen LogP contribution in [-0.2, 0) is 4.84 Å². The van der Waals surface area contributed by atoms with E-state index >= 15 is 0 Å². The van der Waals surface area contributed by atoms with E-state index in [2.05, 4.69) is 4.84 Å². The van der Waals surface area contributed by atoms with Crippen LogP contribution in [0.5, 0.6) is 0 Å². The summed E-state index contributed by atoms with van der Waals surface area (Å²) in [5.41, 5.74) is 0. The largest absolute Gasteiger partial charge is 0.313 e. The van der Waals surface area contributed by atoms with E-state index in [0.717, 1.165) is 14.1 Å². The summed E-state index contributed by atoms with van der Waals surface area (Å²) in [6, 6.07) is 0. The predicted octanol–water partition coefficient (Wildman–Crippen LogP) is -1.05. The van der Waals surface area contributed by atoms with E-state index in [0.29, 0.717) is 16.6 Å². The minimum absolute atomic E-state index is 0.139. The molecule has 0 radical (unpaired) electrons. The molecule has 20 heavy (non-hydrogen) atoms. The van der Waals surface area contributed by atoms with Crippen molar-refractivity contribution in [1.82, 2.24) is 14.9 Å². The molecule has 0 aliphatic heterocycles. The van der Waals surface area contributed by atoms with E-state index in [1.807, 2.05) is 19.0 Å². The Morgan fingerprint density at radius 3 is 1.55 bits per heavy atom. The van der Waals surface area contributed by atoms with Gasteiger partial charge < -0.3 is 9.74 Å². The van der Waals surface area contributed by atoms with Crippen LogP contribution in [0.1, 0.15) is 0 Å². The zero-order valence-electron chi connectivity index (χ0n) is 11.7. The Balaban J connectivity index is 0. The topological polar surface area (TPSA) is 148 Å². The maximum absolute atomic E-state index is 9.94. The summed E-state index contributed by atoms with van der Waals surface area (Å²) in [4.78, 5) is 35.3. The highest BCUT2D eigenvalue weighted by Gasteiger charge is 2.15. The van der Waals surface area contributed by atoms with Crippen molar-refractivity contribution in [3.05, 3.63) is 30.3 Å². The standard InChI is InChI=1S/C4H10N2O3.C3H8N4O4/c1-5(2)3-4-9-6(7)8;1-4(6(8)9)3-5(2)7(10)11/h3-4H2,1-2H3;3H2,1-2H3. The van der Waals surface area contributed by atoms with Gasteiger partial charge in [0.2, 0.25) is 6.67 Å². The van der Waals surface area contributed by atoms with Gasteiger partial charge >= 0.3 is 0 Å². The summed E-state index contributed by atoms with van der Waals surface area (Å²) in [5, 5.41) is 28.4. The van der Waals surface area contributed by atoms with Gasteiger partial charge in [-0.05, 0) is 14.1 Å². The molecule has 0 saturated heterocycles. The van der Waals surface area contributed by atoms with Crippen LogP contribution in [0, 0.1) is 30.3 Å². The van der Waals surface area contributed by atoms with E-state index in [-0.39, 0.29) is 13.3 Å². The highest BCUT2D eigenvalue weighted by Crippen LogP contribution is 1.87. The highest BCUT2D eigenvalue weighted by atomic mass is 16.9. The predicted molar refractivity (Wildman–Crippen MR) is 65.9 cm³/mol. The molecule has 0 unspecified atom stereocenters. The first kappa shape index (κ1) is 19.9. The Kier molecular flexibility index (Phi) is 10.4. The average molecular weight is 298 g/mol. The number of nitro groups is 2. The molecule has 0 fully saturated rings. The molecule has 0 bridgehead atoms. The van der Waals surface area contributed by atoms with Gasteiger partial charge in [-0.25, -0.2) is 20.2 Å². The maximum atomic E-state index is 9.94. The van der Waals surface area contributed by atoms with Gasteiger partial charge in [0.05, 0.1) is 14.1 Å². The van der Waals surface area contributed by atoms with Gasteiger partial charge in [0, 0.05) is 6.54 Å². The fourth-order valence-corrected chi connectivity index (χ4v) is 0.697. The Morgan fingerprint density at radius 2 is 1.30 bits per heavy atom. The average Bonchev–Trinajstić information content (AvgIpc) is 2.28. The lowest BCUT2D eigenvalue weighted by atomic mass is 10.6. The second-order valence-electron chi connectivity index (χ2n) is 3.79. The van der Waals surface area contributed by atoms with Gasteiger partial charge in [0.1, 0.15) is 6.61 Å². The van der Waals surface area contributed by atoms with Gasteiger partial charge in [-0.1, -0.05) is 0 Å². The van der Waals surface area contributed by atoms with Gasteiger partial charge in [-0.2, -0.15) is 0 Å². The third-order valence-corrected chi connectivity index (χ3v) is 1.70. The highest BCUT2D eigenvalue weighted by molar-refractivity contribution is 4.35. The van der Waals surface area contributed by atoms with Crippen molar-refractivity contribution >= 4 is 0 Å². The van der Waals surface area contributed by atoms with Crippen molar-refractivity contribution in [2.45, 2.75) is 0 Å². The third kappa shape index (κ3) is 13.6. The zero-order chi connectivity index (χ0) is 16.3. The van der Waals surface area contributed by atoms with Crippen LogP contribution < -0.4 is 0 Å². The first-order valence-electron chi connectivity index (χ1n) is 5.20. The smallest absolute Gasteiger partial charge is 0.294 e. The van der Waals surface area contributed by atoms with Gasteiger partial charge in [0.25, 0.3) is 5.09 Å². The molecule has 0 saturated carbocycles. The number of hydrogen-bond donors (Lipinski definition) is 0.